The standard InChI is InChI=1S/C13H12BNO6/c1-15-6-10(16)13(7-15)12(19)20-14(21-13)9-4-2-3-8(5-9)11(17)18/h2-5H,6-7H2,1H3,(H,17,18). The Bertz CT molecular complexity index is 647. The second kappa shape index (κ2) is 4.68. The summed E-state index contributed by atoms with van der Waals surface area (Å²) in [6, 6.07) is 5.91. The van der Waals surface area contributed by atoms with Crippen LogP contribution in [0.1, 0.15) is 10.4 Å². The molecule has 8 heteroatoms. The monoisotopic (exact) mass is 289 g/mol. The predicted octanol–water partition coefficient (Wildman–Crippen LogP) is -1.09. The molecule has 108 valence electrons. The highest BCUT2D eigenvalue weighted by atomic mass is 16.7. The Hall–Kier alpha value is -2.19. The van der Waals surface area contributed by atoms with Crippen molar-refractivity contribution in [2.24, 2.45) is 0 Å². The van der Waals surface area contributed by atoms with Gasteiger partial charge in [0.2, 0.25) is 5.60 Å². The van der Waals surface area contributed by atoms with E-state index in [4.69, 9.17) is 14.4 Å². The molecule has 2 fully saturated rings. The second-order valence-electron chi connectivity index (χ2n) is 5.21. The van der Waals surface area contributed by atoms with Gasteiger partial charge in [0.25, 0.3) is 0 Å². The summed E-state index contributed by atoms with van der Waals surface area (Å²) >= 11 is 0. The Labute approximate surface area is 120 Å². The number of benzene rings is 1. The highest BCUT2D eigenvalue weighted by Crippen LogP contribution is 2.29. The van der Waals surface area contributed by atoms with Crippen LogP contribution < -0.4 is 5.46 Å². The summed E-state index contributed by atoms with van der Waals surface area (Å²) in [6.45, 7) is 0.261. The summed E-state index contributed by atoms with van der Waals surface area (Å²) in [5.74, 6) is -2.15. The molecule has 21 heavy (non-hydrogen) atoms. The van der Waals surface area contributed by atoms with Gasteiger partial charge in [-0.2, -0.15) is 0 Å². The maximum atomic E-state index is 12.0. The van der Waals surface area contributed by atoms with Crippen molar-refractivity contribution in [3.8, 4) is 0 Å². The van der Waals surface area contributed by atoms with Crippen LogP contribution >= 0.6 is 0 Å². The molecule has 2 aliphatic heterocycles. The zero-order chi connectivity index (χ0) is 15.2. The number of aromatic carboxylic acids is 1. The minimum Gasteiger partial charge on any atom is -0.503 e. The lowest BCUT2D eigenvalue weighted by Gasteiger charge is -2.16. The first kappa shape index (κ1) is 13.8. The number of rotatable bonds is 2. The number of likely N-dealkylation sites (tertiary alicyclic amines) is 1. The Kier molecular flexibility index (Phi) is 3.07. The molecule has 1 unspecified atom stereocenters. The maximum absolute atomic E-state index is 12.0. The third-order valence-electron chi connectivity index (χ3n) is 3.61. The lowest BCUT2D eigenvalue weighted by molar-refractivity contribution is -0.148. The van der Waals surface area contributed by atoms with E-state index in [1.54, 1.807) is 18.0 Å². The lowest BCUT2D eigenvalue weighted by Crippen LogP contribution is -2.46. The van der Waals surface area contributed by atoms with Crippen molar-refractivity contribution in [3.63, 3.8) is 0 Å². The van der Waals surface area contributed by atoms with Gasteiger partial charge < -0.3 is 14.4 Å². The Morgan fingerprint density at radius 1 is 1.43 bits per heavy atom. The molecule has 0 saturated carbocycles. The number of likely N-dealkylation sites (N-methyl/N-ethyl adjacent to an activating group) is 1. The molecule has 2 saturated heterocycles. The molecule has 1 N–H and O–H groups in total. The first-order valence-corrected chi connectivity index (χ1v) is 6.36. The number of carbonyl (C=O) groups is 3. The van der Waals surface area contributed by atoms with E-state index in [0.29, 0.717) is 5.46 Å². The van der Waals surface area contributed by atoms with Crippen molar-refractivity contribution in [3.05, 3.63) is 29.8 Å². The first-order valence-electron chi connectivity index (χ1n) is 6.36. The second-order valence-corrected chi connectivity index (χ2v) is 5.21. The lowest BCUT2D eigenvalue weighted by atomic mass is 9.78. The molecule has 0 amide bonds. The third-order valence-corrected chi connectivity index (χ3v) is 3.61. The van der Waals surface area contributed by atoms with Crippen LogP contribution in [0.5, 0.6) is 0 Å². The molecule has 0 radical (unpaired) electrons. The molecule has 2 aliphatic rings. The summed E-state index contributed by atoms with van der Waals surface area (Å²) in [7, 11) is 0.647. The SMILES string of the molecule is CN1CC(=O)C2(C1)OB(c1cccc(C(=O)O)c1)OC2=O. The molecule has 1 atom stereocenters. The molecule has 2 heterocycles. The van der Waals surface area contributed by atoms with Crippen LogP contribution in [0, 0.1) is 0 Å². The molecule has 0 aromatic heterocycles. The van der Waals surface area contributed by atoms with Crippen LogP contribution in [0.25, 0.3) is 0 Å². The molecule has 1 aromatic rings. The van der Waals surface area contributed by atoms with Crippen LogP contribution in [0.3, 0.4) is 0 Å². The number of Topliss-reactive ketones (excluding diaryl/α,β-unsaturated/α-hetero) is 1. The van der Waals surface area contributed by atoms with E-state index in [1.165, 1.54) is 18.2 Å². The van der Waals surface area contributed by atoms with Crippen molar-refractivity contribution >= 4 is 30.3 Å². The normalized spacial score (nSPS) is 25.7. The Morgan fingerprint density at radius 2 is 2.19 bits per heavy atom. The van der Waals surface area contributed by atoms with Crippen molar-refractivity contribution < 1.29 is 28.8 Å². The maximum Gasteiger partial charge on any atom is 0.565 e. The number of carboxylic acids is 1. The van der Waals surface area contributed by atoms with Gasteiger partial charge in [0, 0.05) is 6.54 Å². The van der Waals surface area contributed by atoms with Crippen LogP contribution in [0.2, 0.25) is 0 Å². The number of nitrogens with zero attached hydrogens (tertiary/aromatic N) is 1. The van der Waals surface area contributed by atoms with E-state index in [0.717, 1.165) is 0 Å². The smallest absolute Gasteiger partial charge is 0.503 e. The summed E-state index contributed by atoms with van der Waals surface area (Å²) in [5.41, 5.74) is -1.14. The van der Waals surface area contributed by atoms with Crippen LogP contribution in [0.15, 0.2) is 24.3 Å². The molecule has 7 nitrogen and oxygen atoms in total. The largest absolute Gasteiger partial charge is 0.565 e. The topological polar surface area (TPSA) is 93.1 Å². The van der Waals surface area contributed by atoms with E-state index < -0.39 is 24.7 Å². The molecule has 0 bridgehead atoms. The van der Waals surface area contributed by atoms with Gasteiger partial charge in [-0.15, -0.1) is 0 Å². The van der Waals surface area contributed by atoms with E-state index >= 15 is 0 Å². The van der Waals surface area contributed by atoms with Crippen molar-refractivity contribution in [2.75, 3.05) is 20.1 Å². The first-order chi connectivity index (χ1) is 9.92. The fourth-order valence-electron chi connectivity index (χ4n) is 2.58. The number of hydrogen-bond donors (Lipinski definition) is 1. The van der Waals surface area contributed by atoms with Gasteiger partial charge in [0.1, 0.15) is 0 Å². The van der Waals surface area contributed by atoms with Crippen LogP contribution in [0.4, 0.5) is 0 Å². The summed E-state index contributed by atoms with van der Waals surface area (Å²) in [5, 5.41) is 8.98. The van der Waals surface area contributed by atoms with Gasteiger partial charge >= 0.3 is 19.1 Å². The fourth-order valence-corrected chi connectivity index (χ4v) is 2.58. The predicted molar refractivity (Wildman–Crippen MR) is 71.2 cm³/mol. The van der Waals surface area contributed by atoms with Crippen molar-refractivity contribution in [2.45, 2.75) is 5.60 Å². The molecular formula is C13H12BNO6. The molecular weight excluding hydrogens is 277 g/mol. The third kappa shape index (κ3) is 2.12. The molecule has 1 aromatic carbocycles. The highest BCUT2D eigenvalue weighted by Gasteiger charge is 2.61. The minimum absolute atomic E-state index is 0.0583. The van der Waals surface area contributed by atoms with Crippen LogP contribution in [-0.4, -0.2) is 60.6 Å². The van der Waals surface area contributed by atoms with Gasteiger partial charge in [0.05, 0.1) is 12.1 Å². The average Bonchev–Trinajstić information content (AvgIpc) is 2.91. The molecule has 0 aliphatic carbocycles. The average molecular weight is 289 g/mol. The molecule has 3 rings (SSSR count). The zero-order valence-electron chi connectivity index (χ0n) is 11.2. The summed E-state index contributed by atoms with van der Waals surface area (Å²) in [6.07, 6.45) is 0. The van der Waals surface area contributed by atoms with Gasteiger partial charge in [-0.25, -0.2) is 4.79 Å². The van der Waals surface area contributed by atoms with Gasteiger partial charge in [0.15, 0.2) is 5.78 Å². The highest BCUT2D eigenvalue weighted by molar-refractivity contribution is 6.65. The fraction of sp³-hybridized carbons (Fsp3) is 0.308. The molecule has 1 spiro atoms. The van der Waals surface area contributed by atoms with Gasteiger partial charge in [-0.3, -0.25) is 14.5 Å². The summed E-state index contributed by atoms with van der Waals surface area (Å²) < 4.78 is 10.7. The van der Waals surface area contributed by atoms with Gasteiger partial charge in [-0.05, 0) is 24.6 Å². The van der Waals surface area contributed by atoms with E-state index in [1.807, 2.05) is 0 Å². The van der Waals surface area contributed by atoms with E-state index in [9.17, 15) is 14.4 Å². The minimum atomic E-state index is -1.58. The Balaban J connectivity index is 1.90. The number of carbonyl (C=O) groups excluding carboxylic acids is 2. The van der Waals surface area contributed by atoms with Crippen LogP contribution in [-0.2, 0) is 18.9 Å². The van der Waals surface area contributed by atoms with Crippen molar-refractivity contribution in [1.82, 2.24) is 4.90 Å². The van der Waals surface area contributed by atoms with E-state index in [-0.39, 0.29) is 24.4 Å². The van der Waals surface area contributed by atoms with E-state index in [2.05, 4.69) is 0 Å². The van der Waals surface area contributed by atoms with Gasteiger partial charge in [-0.1, -0.05) is 12.1 Å². The van der Waals surface area contributed by atoms with Crippen molar-refractivity contribution in [1.29, 1.82) is 0 Å². The number of hydrogen-bond acceptors (Lipinski definition) is 6. The summed E-state index contributed by atoms with van der Waals surface area (Å²) in [4.78, 5) is 36.7. The zero-order valence-corrected chi connectivity index (χ0v) is 11.2. The quantitative estimate of drug-likeness (QED) is 0.546. The Morgan fingerprint density at radius 3 is 2.81 bits per heavy atom. The number of carboxylic acid groups (broad SMARTS) is 1. The number of ketones is 1.